The van der Waals surface area contributed by atoms with Crippen LogP contribution in [0.15, 0.2) is 23.1 Å². The first-order chi connectivity index (χ1) is 13.6. The molecule has 0 aromatic heterocycles. The lowest BCUT2D eigenvalue weighted by Crippen LogP contribution is -2.49. The molecule has 0 aliphatic carbocycles. The number of alkyl halides is 3. The highest BCUT2D eigenvalue weighted by Gasteiger charge is 2.34. The van der Waals surface area contributed by atoms with Crippen molar-refractivity contribution in [1.29, 1.82) is 0 Å². The van der Waals surface area contributed by atoms with Gasteiger partial charge in [-0.15, -0.1) is 11.8 Å². The molecule has 2 unspecified atom stereocenters. The molecule has 6 nitrogen and oxygen atoms in total. The number of carbonyl (C=O) groups is 3. The largest absolute Gasteiger partial charge is 0.416 e. The maximum atomic E-state index is 12.8. The number of carbonyl (C=O) groups excluding carboxylic acids is 3. The monoisotopic (exact) mass is 429 g/mol. The number of thioether (sulfide) groups is 1. The molecule has 0 bridgehead atoms. The lowest BCUT2D eigenvalue weighted by molar-refractivity contribution is -0.137. The summed E-state index contributed by atoms with van der Waals surface area (Å²) in [6.45, 7) is 2.96. The van der Waals surface area contributed by atoms with Gasteiger partial charge in [0.25, 0.3) is 0 Å². The third-order valence-corrected chi connectivity index (χ3v) is 6.19. The van der Waals surface area contributed by atoms with E-state index in [1.54, 1.807) is 11.8 Å². The molecule has 1 aromatic rings. The SMILES string of the molecule is CC(NC(=O)CC1Sc2ccc(C(F)(F)F)cc2NC1=O)C(=O)N1CCCCC1. The summed E-state index contributed by atoms with van der Waals surface area (Å²) < 4.78 is 38.5. The van der Waals surface area contributed by atoms with Crippen molar-refractivity contribution in [1.82, 2.24) is 10.2 Å². The van der Waals surface area contributed by atoms with Crippen LogP contribution in [0.4, 0.5) is 18.9 Å². The second-order valence-electron chi connectivity index (χ2n) is 7.18. The molecule has 1 aromatic carbocycles. The van der Waals surface area contributed by atoms with E-state index in [9.17, 15) is 27.6 Å². The van der Waals surface area contributed by atoms with Gasteiger partial charge >= 0.3 is 6.18 Å². The summed E-state index contributed by atoms with van der Waals surface area (Å²) in [7, 11) is 0. The zero-order valence-corrected chi connectivity index (χ0v) is 16.7. The Balaban J connectivity index is 1.58. The van der Waals surface area contributed by atoms with Crippen molar-refractivity contribution < 1.29 is 27.6 Å². The van der Waals surface area contributed by atoms with E-state index in [2.05, 4.69) is 10.6 Å². The Kier molecular flexibility index (Phi) is 6.40. The number of nitrogens with zero attached hydrogens (tertiary/aromatic N) is 1. The van der Waals surface area contributed by atoms with Crippen LogP contribution in [0.2, 0.25) is 0 Å². The van der Waals surface area contributed by atoms with E-state index < -0.39 is 34.8 Å². The summed E-state index contributed by atoms with van der Waals surface area (Å²) in [5.74, 6) is -1.14. The van der Waals surface area contributed by atoms with Gasteiger partial charge in [0.05, 0.1) is 16.5 Å². The van der Waals surface area contributed by atoms with Crippen LogP contribution in [-0.4, -0.2) is 47.0 Å². The Morgan fingerprint density at radius 2 is 1.97 bits per heavy atom. The molecule has 2 aliphatic heterocycles. The fourth-order valence-corrected chi connectivity index (χ4v) is 4.47. The van der Waals surface area contributed by atoms with E-state index in [0.717, 1.165) is 43.2 Å². The molecule has 0 spiro atoms. The van der Waals surface area contributed by atoms with Crippen molar-refractivity contribution in [2.24, 2.45) is 0 Å². The number of hydrogen-bond donors (Lipinski definition) is 2. The predicted molar refractivity (Wildman–Crippen MR) is 102 cm³/mol. The highest BCUT2D eigenvalue weighted by Crippen LogP contribution is 2.40. The number of nitrogens with one attached hydrogen (secondary N) is 2. The Morgan fingerprint density at radius 1 is 1.28 bits per heavy atom. The van der Waals surface area contributed by atoms with Gasteiger partial charge in [0.2, 0.25) is 17.7 Å². The Hall–Kier alpha value is -2.23. The first-order valence-electron chi connectivity index (χ1n) is 9.42. The van der Waals surface area contributed by atoms with Gasteiger partial charge in [0.15, 0.2) is 0 Å². The molecular formula is C19H22F3N3O3S. The van der Waals surface area contributed by atoms with Crippen LogP contribution >= 0.6 is 11.8 Å². The van der Waals surface area contributed by atoms with Crippen molar-refractivity contribution in [2.75, 3.05) is 18.4 Å². The van der Waals surface area contributed by atoms with E-state index in [0.29, 0.717) is 18.0 Å². The molecule has 3 amide bonds. The molecule has 2 atom stereocenters. The third kappa shape index (κ3) is 5.23. The van der Waals surface area contributed by atoms with Gasteiger partial charge in [0, 0.05) is 24.4 Å². The molecule has 29 heavy (non-hydrogen) atoms. The molecule has 0 radical (unpaired) electrons. The maximum absolute atomic E-state index is 12.8. The number of hydrogen-bond acceptors (Lipinski definition) is 4. The van der Waals surface area contributed by atoms with Gasteiger partial charge < -0.3 is 15.5 Å². The van der Waals surface area contributed by atoms with E-state index in [-0.39, 0.29) is 18.0 Å². The van der Waals surface area contributed by atoms with Crippen LogP contribution in [-0.2, 0) is 20.6 Å². The minimum absolute atomic E-state index is 0.0835. The summed E-state index contributed by atoms with van der Waals surface area (Å²) in [4.78, 5) is 39.2. The van der Waals surface area contributed by atoms with Gasteiger partial charge in [-0.05, 0) is 44.4 Å². The van der Waals surface area contributed by atoms with Crippen molar-refractivity contribution in [3.05, 3.63) is 23.8 Å². The first-order valence-corrected chi connectivity index (χ1v) is 10.3. The van der Waals surface area contributed by atoms with E-state index >= 15 is 0 Å². The Labute approximate surface area is 170 Å². The normalized spacial score (nSPS) is 20.5. The average molecular weight is 429 g/mol. The van der Waals surface area contributed by atoms with E-state index in [1.807, 2.05) is 0 Å². The fourth-order valence-electron chi connectivity index (χ4n) is 3.38. The van der Waals surface area contributed by atoms with E-state index in [1.165, 1.54) is 6.07 Å². The summed E-state index contributed by atoms with van der Waals surface area (Å²) in [5.41, 5.74) is -0.765. The molecule has 158 valence electrons. The second-order valence-corrected chi connectivity index (χ2v) is 8.43. The third-order valence-electron chi connectivity index (χ3n) is 4.91. The number of anilines is 1. The zero-order chi connectivity index (χ0) is 21.2. The van der Waals surface area contributed by atoms with Gasteiger partial charge in [0.1, 0.15) is 6.04 Å². The summed E-state index contributed by atoms with van der Waals surface area (Å²) in [6, 6.07) is 2.42. The number of piperidine rings is 1. The van der Waals surface area contributed by atoms with Crippen molar-refractivity contribution >= 4 is 35.2 Å². The fraction of sp³-hybridized carbons (Fsp3) is 0.526. The number of halogens is 3. The van der Waals surface area contributed by atoms with Gasteiger partial charge in [-0.2, -0.15) is 13.2 Å². The summed E-state index contributed by atoms with van der Waals surface area (Å²) >= 11 is 1.04. The van der Waals surface area contributed by atoms with Crippen molar-refractivity contribution in [3.8, 4) is 0 Å². The average Bonchev–Trinajstić information content (AvgIpc) is 2.67. The second kappa shape index (κ2) is 8.64. The van der Waals surface area contributed by atoms with Crippen molar-refractivity contribution in [3.63, 3.8) is 0 Å². The highest BCUT2D eigenvalue weighted by atomic mass is 32.2. The quantitative estimate of drug-likeness (QED) is 0.771. The molecular weight excluding hydrogens is 407 g/mol. The molecule has 1 fully saturated rings. The van der Waals surface area contributed by atoms with Crippen molar-refractivity contribution in [2.45, 2.75) is 55.0 Å². The minimum Gasteiger partial charge on any atom is -0.345 e. The van der Waals surface area contributed by atoms with Crippen LogP contribution in [0.25, 0.3) is 0 Å². The molecule has 1 saturated heterocycles. The standard InChI is InChI=1S/C19H22F3N3O3S/c1-11(18(28)25-7-3-2-4-8-25)23-16(26)10-15-17(27)24-13-9-12(19(20,21)22)5-6-14(13)29-15/h5-6,9,11,15H,2-4,7-8,10H2,1H3,(H,23,26)(H,24,27). The summed E-state index contributed by atoms with van der Waals surface area (Å²) in [6.07, 6.45) is -1.70. The molecule has 2 heterocycles. The van der Waals surface area contributed by atoms with E-state index in [4.69, 9.17) is 0 Å². The molecule has 0 saturated carbocycles. The van der Waals surface area contributed by atoms with Gasteiger partial charge in [-0.1, -0.05) is 0 Å². The number of likely N-dealkylation sites (tertiary alicyclic amines) is 1. The predicted octanol–water partition coefficient (Wildman–Crippen LogP) is 3.03. The molecule has 2 aliphatic rings. The number of fused-ring (bicyclic) bond motifs is 1. The number of benzene rings is 1. The Morgan fingerprint density at radius 3 is 2.62 bits per heavy atom. The van der Waals surface area contributed by atoms with Gasteiger partial charge in [-0.25, -0.2) is 0 Å². The van der Waals surface area contributed by atoms with Crippen LogP contribution in [0.5, 0.6) is 0 Å². The molecule has 3 rings (SSSR count). The Bertz CT molecular complexity index is 810. The first kappa shape index (κ1) is 21.5. The molecule has 10 heteroatoms. The topological polar surface area (TPSA) is 78.5 Å². The number of amides is 3. The van der Waals surface area contributed by atoms with Crippen LogP contribution < -0.4 is 10.6 Å². The number of rotatable bonds is 4. The molecule has 2 N–H and O–H groups in total. The maximum Gasteiger partial charge on any atom is 0.416 e. The lowest BCUT2D eigenvalue weighted by atomic mass is 10.1. The van der Waals surface area contributed by atoms with Crippen LogP contribution in [0, 0.1) is 0 Å². The lowest BCUT2D eigenvalue weighted by Gasteiger charge is -2.30. The van der Waals surface area contributed by atoms with Crippen LogP contribution in [0.1, 0.15) is 38.2 Å². The summed E-state index contributed by atoms with van der Waals surface area (Å²) in [5, 5.41) is 4.29. The highest BCUT2D eigenvalue weighted by molar-refractivity contribution is 8.01. The zero-order valence-electron chi connectivity index (χ0n) is 15.8. The van der Waals surface area contributed by atoms with Gasteiger partial charge in [-0.3, -0.25) is 14.4 Å². The minimum atomic E-state index is -4.50. The smallest absolute Gasteiger partial charge is 0.345 e. The van der Waals surface area contributed by atoms with Crippen LogP contribution in [0.3, 0.4) is 0 Å².